The Kier molecular flexibility index (Phi) is 9.58. The summed E-state index contributed by atoms with van der Waals surface area (Å²) in [5.41, 5.74) is 2.08. The number of nitrogens with one attached hydrogen (secondary N) is 2. The third kappa shape index (κ3) is 7.23. The van der Waals surface area contributed by atoms with E-state index in [1.54, 1.807) is 35.5 Å². The maximum absolute atomic E-state index is 13.7. The van der Waals surface area contributed by atoms with Crippen LogP contribution in [0.15, 0.2) is 42.7 Å². The van der Waals surface area contributed by atoms with Crippen molar-refractivity contribution < 1.29 is 19.4 Å². The molecule has 0 unspecified atom stereocenters. The number of aromatic nitrogens is 1. The molecule has 1 aliphatic heterocycles. The summed E-state index contributed by atoms with van der Waals surface area (Å²) < 4.78 is 6.48. The van der Waals surface area contributed by atoms with Crippen LogP contribution in [-0.2, 0) is 6.54 Å². The Morgan fingerprint density at radius 3 is 2.66 bits per heavy atom. The summed E-state index contributed by atoms with van der Waals surface area (Å²) in [5, 5.41) is 15.8. The topological polar surface area (TPSA) is 107 Å². The molecule has 1 aromatic heterocycles. The highest BCUT2D eigenvalue weighted by atomic mass is 16.5. The zero-order valence-electron chi connectivity index (χ0n) is 22.7. The van der Waals surface area contributed by atoms with Gasteiger partial charge < -0.3 is 25.4 Å². The van der Waals surface area contributed by atoms with Crippen LogP contribution in [0.1, 0.15) is 61.9 Å². The molecule has 38 heavy (non-hydrogen) atoms. The quantitative estimate of drug-likeness (QED) is 0.485. The number of anilines is 1. The highest BCUT2D eigenvalue weighted by Crippen LogP contribution is 2.31. The van der Waals surface area contributed by atoms with Gasteiger partial charge in [-0.1, -0.05) is 26.2 Å². The summed E-state index contributed by atoms with van der Waals surface area (Å²) >= 11 is 0. The molecule has 9 nitrogen and oxygen atoms in total. The third-order valence-corrected chi connectivity index (χ3v) is 7.56. The number of likely N-dealkylation sites (N-methyl/N-ethyl adjacent to an activating group) is 1. The van der Waals surface area contributed by atoms with E-state index in [1.165, 1.54) is 6.42 Å². The third-order valence-electron chi connectivity index (χ3n) is 7.56. The Morgan fingerprint density at radius 1 is 1.21 bits per heavy atom. The lowest BCUT2D eigenvalue weighted by molar-refractivity contribution is 0.0341. The number of urea groups is 1. The summed E-state index contributed by atoms with van der Waals surface area (Å²) in [5.74, 6) is 0.297. The standard InChI is InChI=1S/C29H41N5O4/c1-20-16-34(21(2)19-35)28(36)25-15-24(32-29(37)31-23-7-5-4-6-8-23)9-10-26(25)38-27(20)18-33(3)17-22-11-13-30-14-12-22/h9-15,20-21,23,27,35H,4-8,16-19H2,1-3H3,(H2,31,32,37)/t20-,21+,27+/m1/s1. The van der Waals surface area contributed by atoms with Gasteiger partial charge in [0.25, 0.3) is 5.91 Å². The first kappa shape index (κ1) is 27.9. The van der Waals surface area contributed by atoms with Gasteiger partial charge in [-0.25, -0.2) is 4.79 Å². The molecule has 1 aliphatic carbocycles. The summed E-state index contributed by atoms with van der Waals surface area (Å²) in [6.07, 6.45) is 8.85. The molecule has 0 radical (unpaired) electrons. The molecule has 3 amide bonds. The Morgan fingerprint density at radius 2 is 1.95 bits per heavy atom. The number of fused-ring (bicyclic) bond motifs is 1. The van der Waals surface area contributed by atoms with Gasteiger partial charge in [0, 0.05) is 49.7 Å². The fourth-order valence-electron chi connectivity index (χ4n) is 5.29. The van der Waals surface area contributed by atoms with Crippen molar-refractivity contribution >= 4 is 17.6 Å². The van der Waals surface area contributed by atoms with Gasteiger partial charge in [0.1, 0.15) is 11.9 Å². The fraction of sp³-hybridized carbons (Fsp3) is 0.552. The predicted molar refractivity (Wildman–Crippen MR) is 147 cm³/mol. The van der Waals surface area contributed by atoms with Crippen molar-refractivity contribution in [3.05, 3.63) is 53.9 Å². The second kappa shape index (κ2) is 13.1. The van der Waals surface area contributed by atoms with Crippen molar-refractivity contribution in [1.29, 1.82) is 0 Å². The molecule has 9 heteroatoms. The summed E-state index contributed by atoms with van der Waals surface area (Å²) in [6.45, 7) is 5.64. The van der Waals surface area contributed by atoms with Gasteiger partial charge in [0.15, 0.2) is 0 Å². The van der Waals surface area contributed by atoms with E-state index in [1.807, 2.05) is 26.1 Å². The summed E-state index contributed by atoms with van der Waals surface area (Å²) in [4.78, 5) is 34.3. The number of nitrogens with zero attached hydrogens (tertiary/aromatic N) is 3. The summed E-state index contributed by atoms with van der Waals surface area (Å²) in [7, 11) is 2.05. The summed E-state index contributed by atoms with van der Waals surface area (Å²) in [6, 6.07) is 8.79. The molecule has 1 aromatic carbocycles. The first-order valence-corrected chi connectivity index (χ1v) is 13.7. The van der Waals surface area contributed by atoms with Crippen molar-refractivity contribution in [2.24, 2.45) is 5.92 Å². The number of hydrogen-bond donors (Lipinski definition) is 3. The van der Waals surface area contributed by atoms with Crippen molar-refractivity contribution in [3.63, 3.8) is 0 Å². The molecule has 2 heterocycles. The van der Waals surface area contributed by atoms with Gasteiger partial charge >= 0.3 is 6.03 Å². The van der Waals surface area contributed by atoms with E-state index in [-0.39, 0.29) is 42.7 Å². The van der Waals surface area contributed by atoms with Crippen LogP contribution in [0.3, 0.4) is 0 Å². The maximum Gasteiger partial charge on any atom is 0.319 e. The molecule has 0 bridgehead atoms. The van der Waals surface area contributed by atoms with E-state index in [2.05, 4.69) is 27.4 Å². The first-order valence-electron chi connectivity index (χ1n) is 13.7. The largest absolute Gasteiger partial charge is 0.488 e. The zero-order chi connectivity index (χ0) is 27.1. The molecule has 1 fully saturated rings. The highest BCUT2D eigenvalue weighted by molar-refractivity contribution is 5.99. The first-order chi connectivity index (χ1) is 18.3. The van der Waals surface area contributed by atoms with Crippen LogP contribution in [0.25, 0.3) is 0 Å². The number of ether oxygens (including phenoxy) is 1. The second-order valence-corrected chi connectivity index (χ2v) is 10.8. The lowest BCUT2D eigenvalue weighted by Crippen LogP contribution is -2.49. The van der Waals surface area contributed by atoms with Gasteiger partial charge in [-0.2, -0.15) is 0 Å². The van der Waals surface area contributed by atoms with E-state index < -0.39 is 0 Å². The minimum atomic E-state index is -0.350. The molecule has 4 rings (SSSR count). The molecule has 3 atom stereocenters. The minimum absolute atomic E-state index is 0.0278. The van der Waals surface area contributed by atoms with Crippen LogP contribution >= 0.6 is 0 Å². The van der Waals surface area contributed by atoms with E-state index in [0.717, 1.165) is 37.8 Å². The van der Waals surface area contributed by atoms with E-state index >= 15 is 0 Å². The predicted octanol–water partition coefficient (Wildman–Crippen LogP) is 3.89. The van der Waals surface area contributed by atoms with Crippen LogP contribution < -0.4 is 15.4 Å². The molecular weight excluding hydrogens is 482 g/mol. The Labute approximate surface area is 225 Å². The second-order valence-electron chi connectivity index (χ2n) is 10.8. The van der Waals surface area contributed by atoms with Gasteiger partial charge in [-0.3, -0.25) is 14.7 Å². The van der Waals surface area contributed by atoms with Gasteiger partial charge in [-0.05, 0) is 62.7 Å². The lowest BCUT2D eigenvalue weighted by Gasteiger charge is -2.38. The van der Waals surface area contributed by atoms with Crippen molar-refractivity contribution in [3.8, 4) is 5.75 Å². The fourth-order valence-corrected chi connectivity index (χ4v) is 5.29. The number of carbonyl (C=O) groups excluding carboxylic acids is 2. The number of rotatable bonds is 8. The van der Waals surface area contributed by atoms with Crippen LogP contribution in [0.5, 0.6) is 5.75 Å². The average Bonchev–Trinajstić information content (AvgIpc) is 2.91. The number of pyridine rings is 1. The number of benzene rings is 1. The van der Waals surface area contributed by atoms with Gasteiger partial charge in [0.2, 0.25) is 0 Å². The molecule has 0 saturated heterocycles. The molecule has 3 N–H and O–H groups in total. The SMILES string of the molecule is C[C@@H]1CN([C@@H](C)CO)C(=O)c2cc(NC(=O)NC3CCCCC3)ccc2O[C@H]1CN(C)Cc1ccncc1. The molecule has 206 valence electrons. The van der Waals surface area contributed by atoms with E-state index in [4.69, 9.17) is 4.74 Å². The van der Waals surface area contributed by atoms with Gasteiger partial charge in [-0.15, -0.1) is 0 Å². The van der Waals surface area contributed by atoms with E-state index in [9.17, 15) is 14.7 Å². The van der Waals surface area contributed by atoms with Crippen molar-refractivity contribution in [2.75, 3.05) is 32.1 Å². The minimum Gasteiger partial charge on any atom is -0.488 e. The van der Waals surface area contributed by atoms with Crippen molar-refractivity contribution in [1.82, 2.24) is 20.1 Å². The number of carbonyl (C=O) groups is 2. The van der Waals surface area contributed by atoms with Crippen molar-refractivity contribution in [2.45, 2.75) is 70.7 Å². The Bertz CT molecular complexity index is 1080. The molecular formula is C29H41N5O4. The Balaban J connectivity index is 1.53. The number of hydrogen-bond acceptors (Lipinski definition) is 6. The van der Waals surface area contributed by atoms with Crippen LogP contribution in [0.4, 0.5) is 10.5 Å². The van der Waals surface area contributed by atoms with Crippen LogP contribution in [0.2, 0.25) is 0 Å². The zero-order valence-corrected chi connectivity index (χ0v) is 22.7. The van der Waals surface area contributed by atoms with Gasteiger partial charge in [0.05, 0.1) is 18.2 Å². The Hall–Kier alpha value is -3.17. The maximum atomic E-state index is 13.7. The number of aliphatic hydroxyl groups excluding tert-OH is 1. The number of aliphatic hydroxyl groups is 1. The highest BCUT2D eigenvalue weighted by Gasteiger charge is 2.33. The number of amides is 3. The normalized spacial score (nSPS) is 21.2. The van der Waals surface area contributed by atoms with E-state index in [0.29, 0.717) is 30.1 Å². The molecule has 2 aromatic rings. The average molecular weight is 524 g/mol. The van der Waals surface area contributed by atoms with Crippen LogP contribution in [0, 0.1) is 5.92 Å². The monoisotopic (exact) mass is 523 g/mol. The molecule has 1 saturated carbocycles. The smallest absolute Gasteiger partial charge is 0.319 e. The van der Waals surface area contributed by atoms with Crippen LogP contribution in [-0.4, -0.2) is 76.8 Å². The molecule has 0 spiro atoms. The molecule has 2 aliphatic rings. The lowest BCUT2D eigenvalue weighted by atomic mass is 9.96.